The second kappa shape index (κ2) is 4.08. The number of furan rings is 1. The highest BCUT2D eigenvalue weighted by Gasteiger charge is 2.15. The third kappa shape index (κ3) is 2.08. The maximum absolute atomic E-state index is 10.7. The van der Waals surface area contributed by atoms with Gasteiger partial charge in [0.1, 0.15) is 5.76 Å². The Morgan fingerprint density at radius 1 is 1.47 bits per heavy atom. The van der Waals surface area contributed by atoms with Crippen LogP contribution in [-0.4, -0.2) is 20.9 Å². The summed E-state index contributed by atoms with van der Waals surface area (Å²) in [6.45, 7) is 5.93. The number of hydrogen-bond acceptors (Lipinski definition) is 3. The number of carboxylic acids is 1. The van der Waals surface area contributed by atoms with Gasteiger partial charge < -0.3 is 9.52 Å². The monoisotopic (exact) mass is 234 g/mol. The smallest absolute Gasteiger partial charge is 0.371 e. The summed E-state index contributed by atoms with van der Waals surface area (Å²) >= 11 is 0. The van der Waals surface area contributed by atoms with Gasteiger partial charge >= 0.3 is 5.97 Å². The molecule has 2 heterocycles. The lowest BCUT2D eigenvalue weighted by Gasteiger charge is -2.02. The van der Waals surface area contributed by atoms with E-state index in [1.165, 1.54) is 6.07 Å². The molecule has 0 unspecified atom stereocenters. The normalized spacial score (nSPS) is 11.1. The Morgan fingerprint density at radius 3 is 2.65 bits per heavy atom. The van der Waals surface area contributed by atoms with Crippen molar-refractivity contribution in [3.8, 4) is 11.3 Å². The van der Waals surface area contributed by atoms with E-state index in [2.05, 4.69) is 5.10 Å². The zero-order chi connectivity index (χ0) is 12.6. The molecular formula is C12H14N2O3. The number of aryl methyl sites for hydroxylation is 1. The van der Waals surface area contributed by atoms with Gasteiger partial charge in [-0.2, -0.15) is 5.10 Å². The van der Waals surface area contributed by atoms with E-state index >= 15 is 0 Å². The average molecular weight is 234 g/mol. The van der Waals surface area contributed by atoms with Gasteiger partial charge in [-0.25, -0.2) is 4.79 Å². The highest BCUT2D eigenvalue weighted by atomic mass is 16.4. The summed E-state index contributed by atoms with van der Waals surface area (Å²) in [7, 11) is 0. The van der Waals surface area contributed by atoms with Crippen LogP contribution < -0.4 is 0 Å². The molecule has 0 atom stereocenters. The summed E-state index contributed by atoms with van der Waals surface area (Å²) in [6.07, 6.45) is 1.87. The van der Waals surface area contributed by atoms with E-state index in [0.717, 1.165) is 11.3 Å². The van der Waals surface area contributed by atoms with Crippen LogP contribution in [-0.2, 0) is 0 Å². The van der Waals surface area contributed by atoms with Crippen LogP contribution in [0.2, 0.25) is 0 Å². The first-order valence-electron chi connectivity index (χ1n) is 5.38. The Balaban J connectivity index is 2.41. The second-order valence-corrected chi connectivity index (χ2v) is 4.17. The molecule has 0 aliphatic carbocycles. The van der Waals surface area contributed by atoms with E-state index in [-0.39, 0.29) is 11.8 Å². The summed E-state index contributed by atoms with van der Waals surface area (Å²) in [5, 5.41) is 13.1. The van der Waals surface area contributed by atoms with Crippen LogP contribution in [0.3, 0.4) is 0 Å². The van der Waals surface area contributed by atoms with Crippen molar-refractivity contribution in [2.45, 2.75) is 26.8 Å². The van der Waals surface area contributed by atoms with Gasteiger partial charge in [-0.3, -0.25) is 4.68 Å². The number of carbonyl (C=O) groups is 1. The molecule has 0 fully saturated rings. The molecule has 5 heteroatoms. The Kier molecular flexibility index (Phi) is 2.75. The quantitative estimate of drug-likeness (QED) is 0.886. The van der Waals surface area contributed by atoms with Crippen molar-refractivity contribution in [2.24, 2.45) is 0 Å². The van der Waals surface area contributed by atoms with Crippen molar-refractivity contribution in [2.75, 3.05) is 0 Å². The van der Waals surface area contributed by atoms with Crippen molar-refractivity contribution in [1.29, 1.82) is 0 Å². The highest BCUT2D eigenvalue weighted by molar-refractivity contribution is 5.85. The largest absolute Gasteiger partial charge is 0.475 e. The molecule has 2 aromatic rings. The lowest BCUT2D eigenvalue weighted by Crippen LogP contribution is -2.00. The Morgan fingerprint density at radius 2 is 2.18 bits per heavy atom. The standard InChI is InChI=1S/C12H14N2O3/c1-7(2)14-6-9(8(3)13-14)10-4-5-11(17-10)12(15)16/h4-7H,1-3H3,(H,15,16). The van der Waals surface area contributed by atoms with Gasteiger partial charge in [-0.15, -0.1) is 0 Å². The molecule has 0 saturated heterocycles. The molecule has 0 radical (unpaired) electrons. The molecule has 2 rings (SSSR count). The minimum atomic E-state index is -1.06. The number of aromatic nitrogens is 2. The first-order chi connectivity index (χ1) is 7.99. The van der Waals surface area contributed by atoms with Crippen molar-refractivity contribution < 1.29 is 14.3 Å². The Labute approximate surface area is 98.7 Å². The molecule has 2 aromatic heterocycles. The molecule has 1 N–H and O–H groups in total. The van der Waals surface area contributed by atoms with Crippen LogP contribution in [0.25, 0.3) is 11.3 Å². The van der Waals surface area contributed by atoms with E-state index in [1.807, 2.05) is 31.6 Å². The van der Waals surface area contributed by atoms with Crippen LogP contribution in [0.5, 0.6) is 0 Å². The predicted octanol–water partition coefficient (Wildman–Crippen LogP) is 2.73. The lowest BCUT2D eigenvalue weighted by atomic mass is 10.2. The summed E-state index contributed by atoms with van der Waals surface area (Å²) in [5.74, 6) is -0.589. The molecule has 0 amide bonds. The van der Waals surface area contributed by atoms with Gasteiger partial charge in [0.25, 0.3) is 0 Å². The van der Waals surface area contributed by atoms with Crippen molar-refractivity contribution in [3.63, 3.8) is 0 Å². The average Bonchev–Trinajstić information content (AvgIpc) is 2.83. The maximum Gasteiger partial charge on any atom is 0.371 e. The number of carboxylic acid groups (broad SMARTS) is 1. The zero-order valence-electron chi connectivity index (χ0n) is 9.97. The molecule has 0 aliphatic rings. The minimum Gasteiger partial charge on any atom is -0.475 e. The zero-order valence-corrected chi connectivity index (χ0v) is 9.97. The van der Waals surface area contributed by atoms with Crippen LogP contribution in [0, 0.1) is 6.92 Å². The Hall–Kier alpha value is -2.04. The molecule has 0 aliphatic heterocycles. The summed E-state index contributed by atoms with van der Waals surface area (Å²) in [5.41, 5.74) is 1.65. The Bertz CT molecular complexity index is 552. The topological polar surface area (TPSA) is 68.3 Å². The lowest BCUT2D eigenvalue weighted by molar-refractivity contribution is 0.0663. The molecule has 0 spiro atoms. The number of nitrogens with zero attached hydrogens (tertiary/aromatic N) is 2. The number of hydrogen-bond donors (Lipinski definition) is 1. The first kappa shape index (κ1) is 11.4. The number of rotatable bonds is 3. The van der Waals surface area contributed by atoms with Crippen LogP contribution in [0.4, 0.5) is 0 Å². The fourth-order valence-corrected chi connectivity index (χ4v) is 1.59. The number of aromatic carboxylic acids is 1. The van der Waals surface area contributed by atoms with Gasteiger partial charge in [0.2, 0.25) is 5.76 Å². The molecule has 0 bridgehead atoms. The maximum atomic E-state index is 10.7. The first-order valence-corrected chi connectivity index (χ1v) is 5.38. The molecule has 0 saturated carbocycles. The van der Waals surface area contributed by atoms with E-state index in [1.54, 1.807) is 6.07 Å². The molecule has 0 aromatic carbocycles. The van der Waals surface area contributed by atoms with E-state index in [9.17, 15) is 4.79 Å². The van der Waals surface area contributed by atoms with Crippen LogP contribution in [0.1, 0.15) is 36.1 Å². The summed E-state index contributed by atoms with van der Waals surface area (Å²) in [4.78, 5) is 10.7. The van der Waals surface area contributed by atoms with E-state index in [4.69, 9.17) is 9.52 Å². The minimum absolute atomic E-state index is 0.0586. The van der Waals surface area contributed by atoms with Gasteiger partial charge in [0.05, 0.1) is 11.3 Å². The van der Waals surface area contributed by atoms with Crippen LogP contribution >= 0.6 is 0 Å². The van der Waals surface area contributed by atoms with Crippen molar-refractivity contribution in [1.82, 2.24) is 9.78 Å². The molecule has 17 heavy (non-hydrogen) atoms. The molecule has 5 nitrogen and oxygen atoms in total. The van der Waals surface area contributed by atoms with Gasteiger partial charge in [-0.1, -0.05) is 0 Å². The third-order valence-electron chi connectivity index (χ3n) is 2.53. The van der Waals surface area contributed by atoms with Crippen molar-refractivity contribution >= 4 is 5.97 Å². The highest BCUT2D eigenvalue weighted by Crippen LogP contribution is 2.25. The second-order valence-electron chi connectivity index (χ2n) is 4.17. The van der Waals surface area contributed by atoms with Gasteiger partial charge in [-0.05, 0) is 32.9 Å². The molecular weight excluding hydrogens is 220 g/mol. The fraction of sp³-hybridized carbons (Fsp3) is 0.333. The third-order valence-corrected chi connectivity index (χ3v) is 2.53. The van der Waals surface area contributed by atoms with E-state index < -0.39 is 5.97 Å². The van der Waals surface area contributed by atoms with E-state index in [0.29, 0.717) is 5.76 Å². The predicted molar refractivity (Wildman–Crippen MR) is 62.0 cm³/mol. The summed E-state index contributed by atoms with van der Waals surface area (Å²) in [6, 6.07) is 3.36. The fourth-order valence-electron chi connectivity index (χ4n) is 1.59. The van der Waals surface area contributed by atoms with Gasteiger partial charge in [0, 0.05) is 12.2 Å². The van der Waals surface area contributed by atoms with Crippen LogP contribution in [0.15, 0.2) is 22.7 Å². The van der Waals surface area contributed by atoms with Crippen molar-refractivity contribution in [3.05, 3.63) is 29.8 Å². The SMILES string of the molecule is Cc1nn(C(C)C)cc1-c1ccc(C(=O)O)o1. The molecule has 90 valence electrons. The summed E-state index contributed by atoms with van der Waals surface area (Å²) < 4.78 is 7.08. The van der Waals surface area contributed by atoms with Gasteiger partial charge in [0.15, 0.2) is 0 Å².